The number of hydrogen-bond donors (Lipinski definition) is 1. The molecule has 2 unspecified atom stereocenters. The fraction of sp³-hybridized carbons (Fsp3) is 0.538. The summed E-state index contributed by atoms with van der Waals surface area (Å²) in [6.07, 6.45) is 1.23. The van der Waals surface area contributed by atoms with Gasteiger partial charge in [-0.3, -0.25) is 0 Å². The SMILES string of the molecule is CCCC(C)C(O)c1cccc(OC(F)F)c1. The van der Waals surface area contributed by atoms with E-state index in [1.165, 1.54) is 12.1 Å². The van der Waals surface area contributed by atoms with Crippen LogP contribution in [0.5, 0.6) is 5.75 Å². The molecule has 0 saturated carbocycles. The van der Waals surface area contributed by atoms with Crippen molar-refractivity contribution in [2.24, 2.45) is 5.92 Å². The Hall–Kier alpha value is -1.16. The number of ether oxygens (including phenoxy) is 1. The van der Waals surface area contributed by atoms with Gasteiger partial charge >= 0.3 is 6.61 Å². The van der Waals surface area contributed by atoms with Gasteiger partial charge in [-0.2, -0.15) is 8.78 Å². The first kappa shape index (κ1) is 13.9. The van der Waals surface area contributed by atoms with Gasteiger partial charge < -0.3 is 9.84 Å². The second kappa shape index (κ2) is 6.55. The zero-order chi connectivity index (χ0) is 12.8. The normalized spacial score (nSPS) is 14.7. The lowest BCUT2D eigenvalue weighted by Gasteiger charge is -2.19. The highest BCUT2D eigenvalue weighted by molar-refractivity contribution is 5.30. The molecule has 0 spiro atoms. The average molecular weight is 244 g/mol. The van der Waals surface area contributed by atoms with Crippen LogP contribution in [-0.2, 0) is 0 Å². The lowest BCUT2D eigenvalue weighted by Crippen LogP contribution is -2.09. The van der Waals surface area contributed by atoms with Crippen molar-refractivity contribution in [2.75, 3.05) is 0 Å². The summed E-state index contributed by atoms with van der Waals surface area (Å²) in [5, 5.41) is 10.0. The molecular formula is C13H18F2O2. The number of benzene rings is 1. The smallest absolute Gasteiger partial charge is 0.387 e. The van der Waals surface area contributed by atoms with Gasteiger partial charge in [0.2, 0.25) is 0 Å². The summed E-state index contributed by atoms with van der Waals surface area (Å²) in [4.78, 5) is 0. The Morgan fingerprint density at radius 1 is 1.35 bits per heavy atom. The van der Waals surface area contributed by atoms with Crippen molar-refractivity contribution in [3.63, 3.8) is 0 Å². The molecule has 1 aromatic carbocycles. The standard InChI is InChI=1S/C13H18F2O2/c1-3-5-9(2)12(16)10-6-4-7-11(8-10)17-13(14)15/h4,6-9,12-13,16H,3,5H2,1-2H3. The predicted octanol–water partition coefficient (Wildman–Crippen LogP) is 3.76. The van der Waals surface area contributed by atoms with Gasteiger partial charge in [-0.25, -0.2) is 0 Å². The molecule has 2 nitrogen and oxygen atoms in total. The van der Waals surface area contributed by atoms with Crippen LogP contribution in [0.3, 0.4) is 0 Å². The Morgan fingerprint density at radius 2 is 2.06 bits per heavy atom. The maximum absolute atomic E-state index is 12.0. The predicted molar refractivity (Wildman–Crippen MR) is 62.1 cm³/mol. The molecule has 1 N–H and O–H groups in total. The van der Waals surface area contributed by atoms with E-state index in [1.54, 1.807) is 12.1 Å². The molecule has 96 valence electrons. The van der Waals surface area contributed by atoms with Crippen LogP contribution in [0, 0.1) is 5.92 Å². The largest absolute Gasteiger partial charge is 0.435 e. The number of rotatable bonds is 6. The van der Waals surface area contributed by atoms with Crippen LogP contribution >= 0.6 is 0 Å². The molecule has 4 heteroatoms. The van der Waals surface area contributed by atoms with Crippen molar-refractivity contribution < 1.29 is 18.6 Å². The molecule has 2 atom stereocenters. The molecule has 0 radical (unpaired) electrons. The number of halogens is 2. The Morgan fingerprint density at radius 3 is 2.65 bits per heavy atom. The van der Waals surface area contributed by atoms with E-state index < -0.39 is 12.7 Å². The molecule has 0 aliphatic rings. The topological polar surface area (TPSA) is 29.5 Å². The molecule has 0 heterocycles. The van der Waals surface area contributed by atoms with Crippen molar-refractivity contribution >= 4 is 0 Å². The maximum Gasteiger partial charge on any atom is 0.387 e. The van der Waals surface area contributed by atoms with Crippen LogP contribution in [0.4, 0.5) is 8.78 Å². The maximum atomic E-state index is 12.0. The summed E-state index contributed by atoms with van der Waals surface area (Å²) < 4.78 is 28.4. The van der Waals surface area contributed by atoms with E-state index in [1.807, 2.05) is 13.8 Å². The van der Waals surface area contributed by atoms with Crippen molar-refractivity contribution in [3.05, 3.63) is 29.8 Å². The van der Waals surface area contributed by atoms with Gasteiger partial charge in [0.25, 0.3) is 0 Å². The van der Waals surface area contributed by atoms with Gasteiger partial charge in [-0.05, 0) is 30.0 Å². The second-order valence-electron chi connectivity index (χ2n) is 4.16. The number of aliphatic hydroxyl groups is 1. The van der Waals surface area contributed by atoms with E-state index in [0.717, 1.165) is 12.8 Å². The van der Waals surface area contributed by atoms with E-state index >= 15 is 0 Å². The van der Waals surface area contributed by atoms with E-state index in [9.17, 15) is 13.9 Å². The summed E-state index contributed by atoms with van der Waals surface area (Å²) in [6, 6.07) is 6.24. The summed E-state index contributed by atoms with van der Waals surface area (Å²) >= 11 is 0. The lowest BCUT2D eigenvalue weighted by atomic mass is 9.93. The minimum absolute atomic E-state index is 0.0836. The summed E-state index contributed by atoms with van der Waals surface area (Å²) in [5.74, 6) is 0.182. The van der Waals surface area contributed by atoms with Gasteiger partial charge in [0.15, 0.2) is 0 Å². The average Bonchev–Trinajstić information content (AvgIpc) is 2.28. The summed E-state index contributed by atoms with van der Waals surface area (Å²) in [7, 11) is 0. The highest BCUT2D eigenvalue weighted by Gasteiger charge is 2.16. The van der Waals surface area contributed by atoms with E-state index in [-0.39, 0.29) is 11.7 Å². The zero-order valence-electron chi connectivity index (χ0n) is 10.1. The van der Waals surface area contributed by atoms with Crippen molar-refractivity contribution in [1.82, 2.24) is 0 Å². The van der Waals surface area contributed by atoms with E-state index in [0.29, 0.717) is 5.56 Å². The Bertz CT molecular complexity index is 342. The first-order valence-electron chi connectivity index (χ1n) is 5.77. The molecule has 17 heavy (non-hydrogen) atoms. The van der Waals surface area contributed by atoms with E-state index in [2.05, 4.69) is 4.74 Å². The molecule has 0 amide bonds. The van der Waals surface area contributed by atoms with Gasteiger partial charge in [0, 0.05) is 0 Å². The van der Waals surface area contributed by atoms with Crippen LogP contribution in [0.2, 0.25) is 0 Å². The fourth-order valence-corrected chi connectivity index (χ4v) is 1.82. The minimum Gasteiger partial charge on any atom is -0.435 e. The molecular weight excluding hydrogens is 226 g/mol. The molecule has 0 aliphatic carbocycles. The minimum atomic E-state index is -2.84. The van der Waals surface area contributed by atoms with Crippen LogP contribution < -0.4 is 4.74 Å². The number of alkyl halides is 2. The first-order chi connectivity index (χ1) is 8.04. The summed E-state index contributed by atoms with van der Waals surface area (Å²) in [6.45, 7) is 1.14. The molecule has 1 aromatic rings. The molecule has 0 bridgehead atoms. The molecule has 0 aliphatic heterocycles. The van der Waals surface area contributed by atoms with Crippen molar-refractivity contribution in [1.29, 1.82) is 0 Å². The second-order valence-corrected chi connectivity index (χ2v) is 4.16. The number of hydrogen-bond acceptors (Lipinski definition) is 2. The Labute approximate surface area is 100 Å². The van der Waals surface area contributed by atoms with Gasteiger partial charge in [-0.15, -0.1) is 0 Å². The first-order valence-corrected chi connectivity index (χ1v) is 5.77. The van der Waals surface area contributed by atoms with Gasteiger partial charge in [0.05, 0.1) is 6.10 Å². The highest BCUT2D eigenvalue weighted by atomic mass is 19.3. The van der Waals surface area contributed by atoms with Gasteiger partial charge in [0.1, 0.15) is 5.75 Å². The van der Waals surface area contributed by atoms with Crippen molar-refractivity contribution in [3.8, 4) is 5.75 Å². The molecule has 0 aromatic heterocycles. The Balaban J connectivity index is 2.76. The van der Waals surface area contributed by atoms with Gasteiger partial charge in [-0.1, -0.05) is 32.4 Å². The third kappa shape index (κ3) is 4.30. The Kier molecular flexibility index (Phi) is 5.35. The molecule has 0 saturated heterocycles. The highest BCUT2D eigenvalue weighted by Crippen LogP contribution is 2.28. The molecule has 0 fully saturated rings. The van der Waals surface area contributed by atoms with E-state index in [4.69, 9.17) is 0 Å². The zero-order valence-corrected chi connectivity index (χ0v) is 10.1. The van der Waals surface area contributed by atoms with Crippen molar-refractivity contribution in [2.45, 2.75) is 39.4 Å². The van der Waals surface area contributed by atoms with Crippen LogP contribution in [0.15, 0.2) is 24.3 Å². The quantitative estimate of drug-likeness (QED) is 0.825. The molecule has 1 rings (SSSR count). The van der Waals surface area contributed by atoms with Crippen LogP contribution in [0.1, 0.15) is 38.4 Å². The number of aliphatic hydroxyl groups excluding tert-OH is 1. The van der Waals surface area contributed by atoms with Crippen LogP contribution in [0.25, 0.3) is 0 Å². The third-order valence-electron chi connectivity index (χ3n) is 2.71. The fourth-order valence-electron chi connectivity index (χ4n) is 1.82. The lowest BCUT2D eigenvalue weighted by molar-refractivity contribution is -0.0500. The monoisotopic (exact) mass is 244 g/mol. The van der Waals surface area contributed by atoms with Crippen LogP contribution in [-0.4, -0.2) is 11.7 Å². The third-order valence-corrected chi connectivity index (χ3v) is 2.71. The summed E-state index contributed by atoms with van der Waals surface area (Å²) in [5.41, 5.74) is 0.615.